The Hall–Kier alpha value is -2.28. The summed E-state index contributed by atoms with van der Waals surface area (Å²) in [4.78, 5) is 0. The maximum absolute atomic E-state index is 9.69. The molecule has 6 nitrogen and oxygen atoms in total. The second kappa shape index (κ2) is 7.53. The predicted molar refractivity (Wildman–Crippen MR) is 92.0 cm³/mol. The van der Waals surface area contributed by atoms with Crippen LogP contribution in [0.3, 0.4) is 0 Å². The fourth-order valence-electron chi connectivity index (χ4n) is 2.54. The Morgan fingerprint density at radius 3 is 2.33 bits per heavy atom. The van der Waals surface area contributed by atoms with Gasteiger partial charge < -0.3 is 10.4 Å². The molecule has 2 N–H and O–H groups in total. The quantitative estimate of drug-likeness (QED) is 0.719. The zero-order chi connectivity index (χ0) is 16.9. The molecular formula is C17H18ClN5O. The maximum atomic E-state index is 9.69. The van der Waals surface area contributed by atoms with E-state index in [1.165, 1.54) is 0 Å². The Kier molecular flexibility index (Phi) is 5.20. The van der Waals surface area contributed by atoms with Crippen molar-refractivity contribution in [2.45, 2.75) is 19.0 Å². The van der Waals surface area contributed by atoms with Gasteiger partial charge in [0.25, 0.3) is 0 Å². The van der Waals surface area contributed by atoms with Crippen molar-refractivity contribution in [2.75, 3.05) is 6.61 Å². The Balaban J connectivity index is 1.71. The lowest BCUT2D eigenvalue weighted by molar-refractivity contribution is 0.235. The maximum Gasteiger partial charge on any atom is 0.143 e. The summed E-state index contributed by atoms with van der Waals surface area (Å²) < 4.78 is 1.60. The first kappa shape index (κ1) is 16.6. The Bertz CT molecular complexity index is 759. The average Bonchev–Trinajstić information content (AvgIpc) is 3.15. The molecule has 2 unspecified atom stereocenters. The van der Waals surface area contributed by atoms with Crippen molar-refractivity contribution in [1.82, 2.24) is 25.5 Å². The lowest BCUT2D eigenvalue weighted by atomic mass is 10.0. The molecule has 0 saturated carbocycles. The topological polar surface area (TPSA) is 75.9 Å². The van der Waals surface area contributed by atoms with Crippen LogP contribution in [0.1, 0.15) is 30.1 Å². The molecule has 0 aliphatic carbocycles. The third-order valence-electron chi connectivity index (χ3n) is 3.91. The van der Waals surface area contributed by atoms with Gasteiger partial charge in [0.2, 0.25) is 0 Å². The van der Waals surface area contributed by atoms with Crippen molar-refractivity contribution in [3.8, 4) is 5.69 Å². The van der Waals surface area contributed by atoms with E-state index in [1.807, 2.05) is 48.5 Å². The van der Waals surface area contributed by atoms with Crippen LogP contribution in [0.4, 0.5) is 0 Å². The van der Waals surface area contributed by atoms with Gasteiger partial charge in [0.05, 0.1) is 18.3 Å². The van der Waals surface area contributed by atoms with E-state index in [9.17, 15) is 5.11 Å². The second-order valence-corrected chi connectivity index (χ2v) is 5.96. The highest BCUT2D eigenvalue weighted by Gasteiger charge is 2.15. The molecule has 0 radical (unpaired) electrons. The first-order valence-electron chi connectivity index (χ1n) is 7.63. The van der Waals surface area contributed by atoms with E-state index in [0.717, 1.165) is 16.8 Å². The molecule has 0 aliphatic rings. The highest BCUT2D eigenvalue weighted by molar-refractivity contribution is 6.30. The van der Waals surface area contributed by atoms with E-state index in [-0.39, 0.29) is 18.7 Å². The highest BCUT2D eigenvalue weighted by Crippen LogP contribution is 2.21. The highest BCUT2D eigenvalue weighted by atomic mass is 35.5. The van der Waals surface area contributed by atoms with Gasteiger partial charge in [-0.05, 0) is 52.7 Å². The molecule has 1 heterocycles. The van der Waals surface area contributed by atoms with Crippen LogP contribution < -0.4 is 5.32 Å². The van der Waals surface area contributed by atoms with Crippen molar-refractivity contribution in [3.63, 3.8) is 0 Å². The minimum atomic E-state index is -0.156. The van der Waals surface area contributed by atoms with Gasteiger partial charge in [-0.25, -0.2) is 4.68 Å². The summed E-state index contributed by atoms with van der Waals surface area (Å²) in [5, 5.41) is 24.9. The van der Waals surface area contributed by atoms with Crippen LogP contribution in [0.15, 0.2) is 54.9 Å². The number of nitrogens with one attached hydrogen (secondary N) is 1. The number of tetrazole rings is 1. The van der Waals surface area contributed by atoms with E-state index in [0.29, 0.717) is 5.02 Å². The van der Waals surface area contributed by atoms with Crippen LogP contribution in [0.2, 0.25) is 5.02 Å². The van der Waals surface area contributed by atoms with Gasteiger partial charge in [0.15, 0.2) is 0 Å². The zero-order valence-electron chi connectivity index (χ0n) is 13.2. The lowest BCUT2D eigenvalue weighted by Crippen LogP contribution is -2.27. The molecule has 124 valence electrons. The van der Waals surface area contributed by atoms with E-state index >= 15 is 0 Å². The predicted octanol–water partition coefficient (Wildman–Crippen LogP) is 2.70. The van der Waals surface area contributed by atoms with Crippen LogP contribution in [-0.4, -0.2) is 31.9 Å². The van der Waals surface area contributed by atoms with Gasteiger partial charge in [-0.15, -0.1) is 5.10 Å². The average molecular weight is 344 g/mol. The van der Waals surface area contributed by atoms with E-state index in [2.05, 4.69) is 27.8 Å². The fraction of sp³-hybridized carbons (Fsp3) is 0.235. The molecule has 0 amide bonds. The molecule has 2 aromatic carbocycles. The molecule has 0 aliphatic heterocycles. The van der Waals surface area contributed by atoms with Gasteiger partial charge in [0.1, 0.15) is 6.33 Å². The lowest BCUT2D eigenvalue weighted by Gasteiger charge is -2.22. The van der Waals surface area contributed by atoms with Crippen LogP contribution in [0.5, 0.6) is 0 Å². The number of aliphatic hydroxyl groups is 1. The van der Waals surface area contributed by atoms with Gasteiger partial charge >= 0.3 is 0 Å². The molecular weight excluding hydrogens is 326 g/mol. The third-order valence-corrected chi connectivity index (χ3v) is 4.16. The third kappa shape index (κ3) is 3.79. The van der Waals surface area contributed by atoms with Crippen LogP contribution in [0.25, 0.3) is 5.69 Å². The Labute approximate surface area is 145 Å². The SMILES string of the molecule is CC(NC(CO)c1ccc(Cl)cc1)c1ccc(-n2cnnn2)cc1. The Morgan fingerprint density at radius 2 is 1.75 bits per heavy atom. The molecule has 1 aromatic heterocycles. The summed E-state index contributed by atoms with van der Waals surface area (Å²) in [7, 11) is 0. The van der Waals surface area contributed by atoms with Gasteiger partial charge in [-0.1, -0.05) is 35.9 Å². The largest absolute Gasteiger partial charge is 0.394 e. The van der Waals surface area contributed by atoms with Gasteiger partial charge in [-0.3, -0.25) is 0 Å². The van der Waals surface area contributed by atoms with Crippen molar-refractivity contribution in [3.05, 3.63) is 71.0 Å². The molecule has 0 saturated heterocycles. The number of aliphatic hydroxyl groups excluding tert-OH is 1. The standard InChI is InChI=1S/C17H18ClN5O/c1-12(20-17(10-24)14-2-6-15(18)7-3-14)13-4-8-16(9-5-13)23-11-19-21-22-23/h2-9,11-12,17,20,24H,10H2,1H3. The molecule has 2 atom stereocenters. The second-order valence-electron chi connectivity index (χ2n) is 5.52. The number of benzene rings is 2. The minimum absolute atomic E-state index is 0.00861. The monoisotopic (exact) mass is 343 g/mol. The van der Waals surface area contributed by atoms with Crippen LogP contribution >= 0.6 is 11.6 Å². The smallest absolute Gasteiger partial charge is 0.143 e. The summed E-state index contributed by atoms with van der Waals surface area (Å²) in [6.45, 7) is 2.07. The summed E-state index contributed by atoms with van der Waals surface area (Å²) >= 11 is 5.92. The van der Waals surface area contributed by atoms with Crippen molar-refractivity contribution in [2.24, 2.45) is 0 Å². The fourth-order valence-corrected chi connectivity index (χ4v) is 2.67. The van der Waals surface area contributed by atoms with Crippen LogP contribution in [-0.2, 0) is 0 Å². The molecule has 3 aromatic rings. The number of hydrogen-bond donors (Lipinski definition) is 2. The molecule has 0 fully saturated rings. The number of hydrogen-bond acceptors (Lipinski definition) is 5. The first-order valence-corrected chi connectivity index (χ1v) is 8.01. The minimum Gasteiger partial charge on any atom is -0.394 e. The molecule has 24 heavy (non-hydrogen) atoms. The van der Waals surface area contributed by atoms with Crippen LogP contribution in [0, 0.1) is 0 Å². The van der Waals surface area contributed by atoms with E-state index in [1.54, 1.807) is 11.0 Å². The zero-order valence-corrected chi connectivity index (χ0v) is 13.9. The molecule has 0 bridgehead atoms. The summed E-state index contributed by atoms with van der Waals surface area (Å²) in [6, 6.07) is 15.4. The Morgan fingerprint density at radius 1 is 1.08 bits per heavy atom. The number of nitrogens with zero attached hydrogens (tertiary/aromatic N) is 4. The van der Waals surface area contributed by atoms with E-state index in [4.69, 9.17) is 11.6 Å². The molecule has 0 spiro atoms. The van der Waals surface area contributed by atoms with Crippen molar-refractivity contribution in [1.29, 1.82) is 0 Å². The number of halogens is 1. The first-order chi connectivity index (χ1) is 11.7. The molecule has 7 heteroatoms. The summed E-state index contributed by atoms with van der Waals surface area (Å²) in [5.41, 5.74) is 3.01. The normalized spacial score (nSPS) is 13.6. The summed E-state index contributed by atoms with van der Waals surface area (Å²) in [5.74, 6) is 0. The summed E-state index contributed by atoms with van der Waals surface area (Å²) in [6.07, 6.45) is 1.55. The van der Waals surface area contributed by atoms with Crippen molar-refractivity contribution >= 4 is 11.6 Å². The van der Waals surface area contributed by atoms with Gasteiger partial charge in [-0.2, -0.15) is 0 Å². The van der Waals surface area contributed by atoms with Gasteiger partial charge in [0, 0.05) is 11.1 Å². The van der Waals surface area contributed by atoms with Crippen molar-refractivity contribution < 1.29 is 5.11 Å². The number of rotatable bonds is 6. The molecule has 3 rings (SSSR count). The number of aromatic nitrogens is 4. The van der Waals surface area contributed by atoms with E-state index < -0.39 is 0 Å².